The van der Waals surface area contributed by atoms with E-state index < -0.39 is 29.1 Å². The lowest BCUT2D eigenvalue weighted by molar-refractivity contribution is -0.199. The van der Waals surface area contributed by atoms with Crippen LogP contribution in [0.15, 0.2) is 24.8 Å². The van der Waals surface area contributed by atoms with E-state index in [2.05, 4.69) is 6.58 Å². The van der Waals surface area contributed by atoms with Crippen molar-refractivity contribution < 1.29 is 34.0 Å². The molecule has 2 N–H and O–H groups in total. The Kier molecular flexibility index (Phi) is 4.45. The Bertz CT molecular complexity index is 821. The SMILES string of the molecule is C=CC[C@]12CC(=O)[C@H](O)[C@](OC)([C@@H](c3cc(OC)c4c(c3)OCO4)[C@@H]1C)[C@H]2O. The average Bonchev–Trinajstić information content (AvgIpc) is 3.21. The van der Waals surface area contributed by atoms with E-state index in [0.717, 1.165) is 5.56 Å². The number of methoxy groups -OCH3 is 2. The summed E-state index contributed by atoms with van der Waals surface area (Å²) in [4.78, 5) is 12.7. The highest BCUT2D eigenvalue weighted by Gasteiger charge is 2.73. The highest BCUT2D eigenvalue weighted by molar-refractivity contribution is 5.87. The predicted octanol–water partition coefficient (Wildman–Crippen LogP) is 1.80. The smallest absolute Gasteiger partial charge is 0.231 e. The van der Waals surface area contributed by atoms with Crippen molar-refractivity contribution in [3.05, 3.63) is 30.4 Å². The van der Waals surface area contributed by atoms with Crippen LogP contribution in [0.5, 0.6) is 17.2 Å². The fourth-order valence-electron chi connectivity index (χ4n) is 5.71. The third kappa shape index (κ3) is 2.18. The van der Waals surface area contributed by atoms with Gasteiger partial charge in [-0.15, -0.1) is 6.58 Å². The van der Waals surface area contributed by atoms with Gasteiger partial charge in [0.1, 0.15) is 11.7 Å². The van der Waals surface area contributed by atoms with Crippen LogP contribution in [0.1, 0.15) is 31.2 Å². The van der Waals surface area contributed by atoms with Crippen LogP contribution >= 0.6 is 0 Å². The van der Waals surface area contributed by atoms with Crippen molar-refractivity contribution in [2.24, 2.45) is 11.3 Å². The summed E-state index contributed by atoms with van der Waals surface area (Å²) >= 11 is 0. The number of aliphatic hydroxyl groups excluding tert-OH is 2. The van der Waals surface area contributed by atoms with E-state index in [1.807, 2.05) is 19.1 Å². The summed E-state index contributed by atoms with van der Waals surface area (Å²) < 4.78 is 22.3. The van der Waals surface area contributed by atoms with Gasteiger partial charge in [0, 0.05) is 24.9 Å². The largest absolute Gasteiger partial charge is 0.493 e. The Hall–Kier alpha value is -2.09. The number of ether oxygens (including phenoxy) is 4. The molecule has 2 fully saturated rings. The van der Waals surface area contributed by atoms with Gasteiger partial charge in [0.25, 0.3) is 0 Å². The number of carbonyl (C=O) groups excluding carboxylic acids is 1. The van der Waals surface area contributed by atoms with Crippen LogP contribution in [-0.4, -0.2) is 54.8 Å². The molecule has 1 aromatic rings. The summed E-state index contributed by atoms with van der Waals surface area (Å²) in [6.45, 7) is 5.90. The quantitative estimate of drug-likeness (QED) is 0.741. The first-order chi connectivity index (χ1) is 13.4. The minimum absolute atomic E-state index is 0.0752. The standard InChI is InChI=1S/C21H26O7/c1-5-6-20-9-13(22)18(23)21(26-4,19(20)24)16(11(20)2)12-7-14(25-3)17-15(8-12)27-10-28-17/h5,7-8,11,16,18-19,23-24H,1,6,9-10H2,2-4H3/t11-,16+,18-,19-,20-,21+/m0/s1. The summed E-state index contributed by atoms with van der Waals surface area (Å²) in [5.41, 5.74) is -1.46. The molecular formula is C21H26O7. The van der Waals surface area contributed by atoms with Crippen LogP contribution in [0.4, 0.5) is 0 Å². The lowest BCUT2D eigenvalue weighted by Crippen LogP contribution is -2.63. The zero-order valence-electron chi connectivity index (χ0n) is 16.3. The lowest BCUT2D eigenvalue weighted by Gasteiger charge is -2.46. The molecule has 0 spiro atoms. The second-order valence-corrected chi connectivity index (χ2v) is 7.96. The number of carbonyl (C=O) groups is 1. The first kappa shape index (κ1) is 19.2. The fourth-order valence-corrected chi connectivity index (χ4v) is 5.71. The molecule has 0 saturated heterocycles. The van der Waals surface area contributed by atoms with Gasteiger partial charge in [-0.25, -0.2) is 0 Å². The van der Waals surface area contributed by atoms with E-state index >= 15 is 0 Å². The molecule has 6 atom stereocenters. The number of fused-ring (bicyclic) bond motifs is 3. The molecule has 3 aliphatic rings. The number of ketones is 1. The fraction of sp³-hybridized carbons (Fsp3) is 0.571. The zero-order chi connectivity index (χ0) is 20.3. The first-order valence-electron chi connectivity index (χ1n) is 9.39. The molecule has 152 valence electrons. The van der Waals surface area contributed by atoms with Gasteiger partial charge in [-0.1, -0.05) is 13.0 Å². The normalized spacial score (nSPS) is 38.5. The Balaban J connectivity index is 1.93. The maximum atomic E-state index is 12.7. The van der Waals surface area contributed by atoms with Gasteiger partial charge in [-0.2, -0.15) is 0 Å². The molecular weight excluding hydrogens is 364 g/mol. The van der Waals surface area contributed by atoms with Crippen molar-refractivity contribution in [3.63, 3.8) is 0 Å². The number of hydrogen-bond acceptors (Lipinski definition) is 7. The number of aliphatic hydroxyl groups is 2. The van der Waals surface area contributed by atoms with Crippen LogP contribution < -0.4 is 14.2 Å². The maximum Gasteiger partial charge on any atom is 0.231 e. The van der Waals surface area contributed by atoms with E-state index in [1.165, 1.54) is 14.2 Å². The molecule has 7 heteroatoms. The summed E-state index contributed by atoms with van der Waals surface area (Å²) in [7, 11) is 2.97. The zero-order valence-corrected chi connectivity index (χ0v) is 16.3. The number of rotatable bonds is 5. The Labute approximate surface area is 163 Å². The topological polar surface area (TPSA) is 94.5 Å². The van der Waals surface area contributed by atoms with E-state index in [-0.39, 0.29) is 24.9 Å². The van der Waals surface area contributed by atoms with Gasteiger partial charge in [0.05, 0.1) is 13.2 Å². The molecule has 7 nitrogen and oxygen atoms in total. The van der Waals surface area contributed by atoms with Gasteiger partial charge in [0.2, 0.25) is 12.5 Å². The third-order valence-corrected chi connectivity index (χ3v) is 7.02. The van der Waals surface area contributed by atoms with Gasteiger partial charge in [0.15, 0.2) is 17.3 Å². The van der Waals surface area contributed by atoms with Crippen molar-refractivity contribution in [1.29, 1.82) is 0 Å². The molecule has 28 heavy (non-hydrogen) atoms. The molecule has 0 radical (unpaired) electrons. The second-order valence-electron chi connectivity index (χ2n) is 7.96. The van der Waals surface area contributed by atoms with Crippen LogP contribution in [0.3, 0.4) is 0 Å². The molecule has 0 amide bonds. The highest BCUT2D eigenvalue weighted by Crippen LogP contribution is 2.65. The lowest BCUT2D eigenvalue weighted by atomic mass is 9.65. The Morgan fingerprint density at radius 2 is 2.07 bits per heavy atom. The minimum Gasteiger partial charge on any atom is -0.493 e. The van der Waals surface area contributed by atoms with Crippen LogP contribution in [0, 0.1) is 11.3 Å². The van der Waals surface area contributed by atoms with Crippen molar-refractivity contribution in [3.8, 4) is 17.2 Å². The van der Waals surface area contributed by atoms with Crippen LogP contribution in [0.2, 0.25) is 0 Å². The van der Waals surface area contributed by atoms with Gasteiger partial charge < -0.3 is 29.2 Å². The number of Topliss-reactive ketones (excluding diaryl/α,β-unsaturated/α-hetero) is 1. The van der Waals surface area contributed by atoms with E-state index in [4.69, 9.17) is 18.9 Å². The van der Waals surface area contributed by atoms with Crippen LogP contribution in [-0.2, 0) is 9.53 Å². The van der Waals surface area contributed by atoms with Gasteiger partial charge >= 0.3 is 0 Å². The van der Waals surface area contributed by atoms with Crippen LogP contribution in [0.25, 0.3) is 0 Å². The molecule has 0 unspecified atom stereocenters. The van der Waals surface area contributed by atoms with Crippen molar-refractivity contribution >= 4 is 5.78 Å². The Morgan fingerprint density at radius 1 is 1.32 bits per heavy atom. The second kappa shape index (κ2) is 6.47. The summed E-state index contributed by atoms with van der Waals surface area (Å²) in [6, 6.07) is 3.63. The summed E-state index contributed by atoms with van der Waals surface area (Å²) in [5, 5.41) is 22.3. The number of allylic oxidation sites excluding steroid dienone is 1. The van der Waals surface area contributed by atoms with Gasteiger partial charge in [-0.3, -0.25) is 4.79 Å². The molecule has 1 heterocycles. The van der Waals surface area contributed by atoms with E-state index in [1.54, 1.807) is 6.08 Å². The highest BCUT2D eigenvalue weighted by atomic mass is 16.7. The van der Waals surface area contributed by atoms with E-state index in [9.17, 15) is 15.0 Å². The Morgan fingerprint density at radius 3 is 2.71 bits per heavy atom. The number of benzene rings is 1. The molecule has 4 rings (SSSR count). The average molecular weight is 390 g/mol. The molecule has 2 bridgehead atoms. The molecule has 2 aliphatic carbocycles. The van der Waals surface area contributed by atoms with E-state index in [0.29, 0.717) is 23.7 Å². The maximum absolute atomic E-state index is 12.7. The summed E-state index contributed by atoms with van der Waals surface area (Å²) in [5.74, 6) is 0.588. The minimum atomic E-state index is -1.46. The monoisotopic (exact) mass is 390 g/mol. The van der Waals surface area contributed by atoms with Crippen molar-refractivity contribution in [2.45, 2.75) is 43.5 Å². The summed E-state index contributed by atoms with van der Waals surface area (Å²) in [6.07, 6.45) is -0.236. The predicted molar refractivity (Wildman–Crippen MR) is 99.6 cm³/mol. The molecule has 0 aromatic heterocycles. The number of hydrogen-bond donors (Lipinski definition) is 2. The van der Waals surface area contributed by atoms with Crippen molar-refractivity contribution in [2.75, 3.05) is 21.0 Å². The molecule has 2 saturated carbocycles. The van der Waals surface area contributed by atoms with Crippen molar-refractivity contribution in [1.82, 2.24) is 0 Å². The third-order valence-electron chi connectivity index (χ3n) is 7.02. The van der Waals surface area contributed by atoms with Gasteiger partial charge in [-0.05, 0) is 30.0 Å². The molecule has 1 aliphatic heterocycles. The first-order valence-corrected chi connectivity index (χ1v) is 9.39. The molecule has 1 aromatic carbocycles.